The van der Waals surface area contributed by atoms with Crippen LogP contribution < -0.4 is 10.1 Å². The fraction of sp³-hybridized carbons (Fsp3) is 0.727. The van der Waals surface area contributed by atoms with Gasteiger partial charge in [-0.2, -0.15) is 15.0 Å². The van der Waals surface area contributed by atoms with E-state index in [0.29, 0.717) is 18.0 Å². The van der Waals surface area contributed by atoms with Crippen LogP contribution in [0.5, 0.6) is 6.01 Å². The molecule has 2 rings (SSSR count). The first-order chi connectivity index (χ1) is 8.72. The van der Waals surface area contributed by atoms with Gasteiger partial charge in [0.2, 0.25) is 11.2 Å². The zero-order valence-electron chi connectivity index (χ0n) is 10.5. The Hall–Kier alpha value is -1.14. The summed E-state index contributed by atoms with van der Waals surface area (Å²) in [6, 6.07) is 0.215. The predicted molar refractivity (Wildman–Crippen MR) is 68.0 cm³/mol. The van der Waals surface area contributed by atoms with E-state index in [1.54, 1.807) is 0 Å². The highest BCUT2D eigenvalue weighted by Gasteiger charge is 2.26. The summed E-state index contributed by atoms with van der Waals surface area (Å²) in [5.41, 5.74) is 0. The van der Waals surface area contributed by atoms with Crippen molar-refractivity contribution in [3.05, 3.63) is 5.28 Å². The molecule has 100 valence electrons. The molecular formula is C11H17ClN4O2. The Morgan fingerprint density at radius 2 is 2.28 bits per heavy atom. The van der Waals surface area contributed by atoms with E-state index in [2.05, 4.69) is 27.2 Å². The first kappa shape index (κ1) is 13.3. The quantitative estimate of drug-likeness (QED) is 0.881. The number of aromatic nitrogens is 3. The minimum atomic E-state index is 0.124. The Balaban J connectivity index is 1.95. The fourth-order valence-electron chi connectivity index (χ4n) is 2.10. The van der Waals surface area contributed by atoms with Crippen molar-refractivity contribution in [3.8, 4) is 6.01 Å². The zero-order chi connectivity index (χ0) is 13.0. The molecule has 0 aromatic carbocycles. The lowest BCUT2D eigenvalue weighted by atomic mass is 10.00. The summed E-state index contributed by atoms with van der Waals surface area (Å²) in [4.78, 5) is 11.9. The Kier molecular flexibility index (Phi) is 4.54. The molecule has 18 heavy (non-hydrogen) atoms. The molecule has 2 unspecified atom stereocenters. The van der Waals surface area contributed by atoms with Gasteiger partial charge >= 0.3 is 6.01 Å². The van der Waals surface area contributed by atoms with Crippen LogP contribution in [0.25, 0.3) is 0 Å². The molecule has 0 bridgehead atoms. The average Bonchev–Trinajstić information content (AvgIpc) is 2.83. The summed E-state index contributed by atoms with van der Waals surface area (Å²) >= 11 is 5.77. The Labute approximate surface area is 111 Å². The molecular weight excluding hydrogens is 256 g/mol. The van der Waals surface area contributed by atoms with Crippen LogP contribution in [0.4, 0.5) is 5.95 Å². The van der Waals surface area contributed by atoms with Gasteiger partial charge in [-0.1, -0.05) is 6.92 Å². The molecule has 0 spiro atoms. The zero-order valence-corrected chi connectivity index (χ0v) is 11.3. The van der Waals surface area contributed by atoms with Gasteiger partial charge in [-0.3, -0.25) is 0 Å². The second-order valence-corrected chi connectivity index (χ2v) is 4.50. The number of halogens is 1. The maximum absolute atomic E-state index is 5.77. The van der Waals surface area contributed by atoms with Gasteiger partial charge in [-0.25, -0.2) is 0 Å². The molecule has 1 aromatic rings. The highest BCUT2D eigenvalue weighted by molar-refractivity contribution is 6.28. The molecule has 2 atom stereocenters. The number of nitrogens with one attached hydrogen (secondary N) is 1. The maximum Gasteiger partial charge on any atom is 0.322 e. The average molecular weight is 273 g/mol. The van der Waals surface area contributed by atoms with E-state index in [4.69, 9.17) is 21.1 Å². The number of anilines is 1. The smallest absolute Gasteiger partial charge is 0.322 e. The Bertz CT molecular complexity index is 405. The minimum Gasteiger partial charge on any atom is -0.467 e. The standard InChI is InChI=1S/C11H17ClN4O2/c1-3-8-7(4-5-18-8)6-13-10-14-9(12)15-11(16-10)17-2/h7-8H,3-6H2,1-2H3,(H,13,14,15,16). The molecule has 1 N–H and O–H groups in total. The molecule has 0 aliphatic carbocycles. The van der Waals surface area contributed by atoms with Crippen LogP contribution in [-0.2, 0) is 4.74 Å². The van der Waals surface area contributed by atoms with E-state index >= 15 is 0 Å². The highest BCUT2D eigenvalue weighted by atomic mass is 35.5. The van der Waals surface area contributed by atoms with Crippen LogP contribution in [0.3, 0.4) is 0 Å². The summed E-state index contributed by atoms with van der Waals surface area (Å²) in [6.45, 7) is 3.72. The van der Waals surface area contributed by atoms with Crippen molar-refractivity contribution in [2.75, 3.05) is 25.6 Å². The molecule has 1 aromatic heterocycles. The molecule has 6 nitrogen and oxygen atoms in total. The fourth-order valence-corrected chi connectivity index (χ4v) is 2.25. The van der Waals surface area contributed by atoms with Crippen LogP contribution in [0, 0.1) is 5.92 Å². The Morgan fingerprint density at radius 1 is 1.44 bits per heavy atom. The van der Waals surface area contributed by atoms with E-state index in [9.17, 15) is 0 Å². The van der Waals surface area contributed by atoms with E-state index in [1.807, 2.05) is 0 Å². The number of hydrogen-bond acceptors (Lipinski definition) is 6. The lowest BCUT2D eigenvalue weighted by Crippen LogP contribution is -2.23. The summed E-state index contributed by atoms with van der Waals surface area (Å²) in [5.74, 6) is 0.921. The van der Waals surface area contributed by atoms with Gasteiger partial charge in [0.15, 0.2) is 0 Å². The molecule has 7 heteroatoms. The van der Waals surface area contributed by atoms with Crippen molar-refractivity contribution >= 4 is 17.5 Å². The molecule has 0 radical (unpaired) electrons. The maximum atomic E-state index is 5.77. The monoisotopic (exact) mass is 272 g/mol. The first-order valence-corrected chi connectivity index (χ1v) is 6.41. The van der Waals surface area contributed by atoms with Gasteiger partial charge in [0.05, 0.1) is 13.2 Å². The minimum absolute atomic E-state index is 0.124. The van der Waals surface area contributed by atoms with Gasteiger partial charge in [0.25, 0.3) is 0 Å². The van der Waals surface area contributed by atoms with E-state index < -0.39 is 0 Å². The van der Waals surface area contributed by atoms with Crippen LogP contribution in [-0.4, -0.2) is 41.3 Å². The van der Waals surface area contributed by atoms with Crippen LogP contribution >= 0.6 is 11.6 Å². The van der Waals surface area contributed by atoms with E-state index in [-0.39, 0.29) is 11.3 Å². The molecule has 1 aliphatic rings. The van der Waals surface area contributed by atoms with Crippen molar-refractivity contribution in [2.24, 2.45) is 5.92 Å². The Morgan fingerprint density at radius 3 is 3.00 bits per heavy atom. The van der Waals surface area contributed by atoms with Crippen molar-refractivity contribution in [2.45, 2.75) is 25.9 Å². The largest absolute Gasteiger partial charge is 0.467 e. The number of rotatable bonds is 5. The summed E-state index contributed by atoms with van der Waals surface area (Å²) in [5, 5.41) is 3.28. The molecule has 1 fully saturated rings. The van der Waals surface area contributed by atoms with Crippen LogP contribution in [0.15, 0.2) is 0 Å². The van der Waals surface area contributed by atoms with Crippen LogP contribution in [0.1, 0.15) is 19.8 Å². The van der Waals surface area contributed by atoms with E-state index in [1.165, 1.54) is 7.11 Å². The normalized spacial score (nSPS) is 23.1. The second kappa shape index (κ2) is 6.15. The SMILES string of the molecule is CCC1OCCC1CNc1nc(Cl)nc(OC)n1. The third kappa shape index (κ3) is 3.20. The van der Waals surface area contributed by atoms with Crippen LogP contribution in [0.2, 0.25) is 5.28 Å². The molecule has 2 heterocycles. The number of ether oxygens (including phenoxy) is 2. The molecule has 0 saturated carbocycles. The summed E-state index contributed by atoms with van der Waals surface area (Å²) < 4.78 is 10.6. The van der Waals surface area contributed by atoms with E-state index in [0.717, 1.165) is 26.0 Å². The van der Waals surface area contributed by atoms with Gasteiger partial charge < -0.3 is 14.8 Å². The summed E-state index contributed by atoms with van der Waals surface area (Å²) in [7, 11) is 1.49. The highest BCUT2D eigenvalue weighted by Crippen LogP contribution is 2.23. The third-order valence-corrected chi connectivity index (χ3v) is 3.21. The summed E-state index contributed by atoms with van der Waals surface area (Å²) in [6.07, 6.45) is 2.39. The molecule has 0 amide bonds. The van der Waals surface area contributed by atoms with Crippen molar-refractivity contribution in [1.29, 1.82) is 0 Å². The molecule has 1 aliphatic heterocycles. The van der Waals surface area contributed by atoms with Crippen molar-refractivity contribution in [3.63, 3.8) is 0 Å². The number of nitrogens with zero attached hydrogens (tertiary/aromatic N) is 3. The topological polar surface area (TPSA) is 69.2 Å². The van der Waals surface area contributed by atoms with Crippen molar-refractivity contribution < 1.29 is 9.47 Å². The lowest BCUT2D eigenvalue weighted by Gasteiger charge is -2.17. The number of hydrogen-bond donors (Lipinski definition) is 1. The molecule has 1 saturated heterocycles. The van der Waals surface area contributed by atoms with Gasteiger partial charge in [-0.15, -0.1) is 0 Å². The van der Waals surface area contributed by atoms with Gasteiger partial charge in [0.1, 0.15) is 0 Å². The van der Waals surface area contributed by atoms with Crippen molar-refractivity contribution in [1.82, 2.24) is 15.0 Å². The first-order valence-electron chi connectivity index (χ1n) is 6.04. The lowest BCUT2D eigenvalue weighted by molar-refractivity contribution is 0.0900. The second-order valence-electron chi connectivity index (χ2n) is 4.16. The van der Waals surface area contributed by atoms with Gasteiger partial charge in [0, 0.05) is 19.1 Å². The number of methoxy groups -OCH3 is 1. The predicted octanol–water partition coefficient (Wildman–Crippen LogP) is 1.76. The third-order valence-electron chi connectivity index (χ3n) is 3.04. The van der Waals surface area contributed by atoms with Gasteiger partial charge in [-0.05, 0) is 24.4 Å².